The van der Waals surface area contributed by atoms with Crippen molar-refractivity contribution in [1.29, 1.82) is 0 Å². The SMILES string of the molecule is O=C(O)c1cc(Cc2ccccc2)ccc1C(=O)Oc1ccc(-c2ccc(Oc3ccc(Cc4ccccc4)cc3COO)cc2)cc1. The summed E-state index contributed by atoms with van der Waals surface area (Å²) in [7, 11) is 0. The Balaban J connectivity index is 1.10. The smallest absolute Gasteiger partial charge is 0.344 e. The van der Waals surface area contributed by atoms with Gasteiger partial charge in [-0.3, -0.25) is 5.26 Å². The van der Waals surface area contributed by atoms with E-state index in [4.69, 9.17) is 14.7 Å². The minimum atomic E-state index is -1.20. The quantitative estimate of drug-likeness (QED) is 0.0597. The molecule has 6 rings (SSSR count). The number of benzene rings is 6. The van der Waals surface area contributed by atoms with E-state index in [0.29, 0.717) is 23.7 Å². The van der Waals surface area contributed by atoms with Crippen LogP contribution in [0.5, 0.6) is 17.2 Å². The zero-order valence-corrected chi connectivity index (χ0v) is 25.9. The molecule has 0 radical (unpaired) electrons. The zero-order chi connectivity index (χ0) is 33.3. The first-order valence-corrected chi connectivity index (χ1v) is 15.4. The fourth-order valence-corrected chi connectivity index (χ4v) is 5.46. The number of carbonyl (C=O) groups is 2. The third kappa shape index (κ3) is 8.03. The van der Waals surface area contributed by atoms with Crippen molar-refractivity contribution in [1.82, 2.24) is 0 Å². The maximum absolute atomic E-state index is 13.0. The van der Waals surface area contributed by atoms with Gasteiger partial charge in [0.25, 0.3) is 0 Å². The molecule has 7 heteroatoms. The van der Waals surface area contributed by atoms with Crippen LogP contribution in [-0.2, 0) is 24.3 Å². The maximum atomic E-state index is 13.0. The molecule has 0 aliphatic rings. The van der Waals surface area contributed by atoms with Crippen LogP contribution in [-0.4, -0.2) is 22.3 Å². The summed E-state index contributed by atoms with van der Waals surface area (Å²) in [5.74, 6) is -0.451. The van der Waals surface area contributed by atoms with Gasteiger partial charge in [0.1, 0.15) is 23.9 Å². The van der Waals surface area contributed by atoms with Crippen molar-refractivity contribution in [2.75, 3.05) is 0 Å². The first-order valence-electron chi connectivity index (χ1n) is 15.4. The molecule has 0 atom stereocenters. The van der Waals surface area contributed by atoms with E-state index in [1.165, 1.54) is 17.7 Å². The summed E-state index contributed by atoms with van der Waals surface area (Å²) in [6.45, 7) is -0.00976. The molecule has 0 saturated heterocycles. The average Bonchev–Trinajstić information content (AvgIpc) is 3.11. The molecule has 48 heavy (non-hydrogen) atoms. The van der Waals surface area contributed by atoms with E-state index in [9.17, 15) is 14.7 Å². The van der Waals surface area contributed by atoms with Gasteiger partial charge in [0, 0.05) is 5.56 Å². The Morgan fingerprint density at radius 1 is 0.542 bits per heavy atom. The van der Waals surface area contributed by atoms with Crippen molar-refractivity contribution in [3.05, 3.63) is 185 Å². The number of aromatic carboxylic acids is 1. The number of hydrogen-bond donors (Lipinski definition) is 2. The summed E-state index contributed by atoms with van der Waals surface area (Å²) < 4.78 is 11.7. The predicted octanol–water partition coefficient (Wildman–Crippen LogP) is 9.23. The van der Waals surface area contributed by atoms with E-state index in [-0.39, 0.29) is 17.7 Å². The third-order valence-electron chi connectivity index (χ3n) is 7.86. The lowest BCUT2D eigenvalue weighted by atomic mass is 9.99. The monoisotopic (exact) mass is 636 g/mol. The largest absolute Gasteiger partial charge is 0.478 e. The highest BCUT2D eigenvalue weighted by molar-refractivity contribution is 6.03. The van der Waals surface area contributed by atoms with Gasteiger partial charge in [0.05, 0.1) is 11.1 Å². The van der Waals surface area contributed by atoms with Gasteiger partial charge in [0.2, 0.25) is 0 Å². The number of esters is 1. The molecule has 0 spiro atoms. The molecular weight excluding hydrogens is 604 g/mol. The second kappa shape index (κ2) is 15.0. The highest BCUT2D eigenvalue weighted by Crippen LogP contribution is 2.31. The molecule has 0 unspecified atom stereocenters. The number of ether oxygens (including phenoxy) is 2. The number of hydrogen-bond acceptors (Lipinski definition) is 6. The van der Waals surface area contributed by atoms with Gasteiger partial charge in [-0.25, -0.2) is 14.5 Å². The molecule has 0 amide bonds. The summed E-state index contributed by atoms with van der Waals surface area (Å²) in [4.78, 5) is 29.4. The van der Waals surface area contributed by atoms with Gasteiger partial charge in [-0.2, -0.15) is 0 Å². The van der Waals surface area contributed by atoms with E-state index in [2.05, 4.69) is 17.0 Å². The van der Waals surface area contributed by atoms with Crippen LogP contribution in [0.2, 0.25) is 0 Å². The Labute approximate surface area is 278 Å². The Bertz CT molecular complexity index is 2000. The van der Waals surface area contributed by atoms with Crippen LogP contribution in [0.3, 0.4) is 0 Å². The zero-order valence-electron chi connectivity index (χ0n) is 25.9. The number of carboxylic acid groups (broad SMARTS) is 1. The Morgan fingerprint density at radius 3 is 1.65 bits per heavy atom. The first-order chi connectivity index (χ1) is 23.4. The molecule has 7 nitrogen and oxygen atoms in total. The predicted molar refractivity (Wildman–Crippen MR) is 183 cm³/mol. The van der Waals surface area contributed by atoms with Crippen LogP contribution >= 0.6 is 0 Å². The standard InChI is InChI=1S/C41H32O7/c42-40(43)38-26-31(24-29-9-5-2-6-10-29)11-21-37(38)41(44)48-36-19-15-33(16-20-36)32-13-17-35(18-14-32)47-39-22-12-30(25-34(39)27-46-45)23-28-7-3-1-4-8-28/h1-22,25-26,45H,23-24,27H2,(H,42,43). The number of rotatable bonds is 12. The van der Waals surface area contributed by atoms with Gasteiger partial charge in [-0.15, -0.1) is 0 Å². The maximum Gasteiger partial charge on any atom is 0.344 e. The molecule has 238 valence electrons. The summed E-state index contributed by atoms with van der Waals surface area (Å²) in [5, 5.41) is 19.0. The minimum absolute atomic E-state index is 0.00976. The Kier molecular flexibility index (Phi) is 10.0. The highest BCUT2D eigenvalue weighted by Gasteiger charge is 2.19. The second-order valence-electron chi connectivity index (χ2n) is 11.3. The summed E-state index contributed by atoms with van der Waals surface area (Å²) in [5.41, 5.74) is 6.48. The van der Waals surface area contributed by atoms with E-state index in [0.717, 1.165) is 39.8 Å². The molecular formula is C41H32O7. The lowest BCUT2D eigenvalue weighted by molar-refractivity contribution is -0.253. The van der Waals surface area contributed by atoms with Crippen LogP contribution in [0.4, 0.5) is 0 Å². The first kappa shape index (κ1) is 31.9. The third-order valence-corrected chi connectivity index (χ3v) is 7.86. The van der Waals surface area contributed by atoms with Gasteiger partial charge >= 0.3 is 11.9 Å². The molecule has 0 aromatic heterocycles. The van der Waals surface area contributed by atoms with E-state index >= 15 is 0 Å². The van der Waals surface area contributed by atoms with Crippen molar-refractivity contribution < 1.29 is 34.3 Å². The van der Waals surface area contributed by atoms with Crippen LogP contribution in [0, 0.1) is 0 Å². The van der Waals surface area contributed by atoms with E-state index in [1.54, 1.807) is 18.2 Å². The fourth-order valence-electron chi connectivity index (χ4n) is 5.46. The summed E-state index contributed by atoms with van der Waals surface area (Å²) >= 11 is 0. The van der Waals surface area contributed by atoms with Crippen molar-refractivity contribution in [3.63, 3.8) is 0 Å². The van der Waals surface area contributed by atoms with Gasteiger partial charge < -0.3 is 14.6 Å². The average molecular weight is 637 g/mol. The van der Waals surface area contributed by atoms with Crippen LogP contribution < -0.4 is 9.47 Å². The van der Waals surface area contributed by atoms with Gasteiger partial charge in [-0.1, -0.05) is 97.1 Å². The normalized spacial score (nSPS) is 10.8. The minimum Gasteiger partial charge on any atom is -0.478 e. The van der Waals surface area contributed by atoms with Crippen molar-refractivity contribution in [3.8, 4) is 28.4 Å². The molecule has 0 aliphatic heterocycles. The second-order valence-corrected chi connectivity index (χ2v) is 11.3. The van der Waals surface area contributed by atoms with Crippen LogP contribution in [0.25, 0.3) is 11.1 Å². The summed E-state index contributed by atoms with van der Waals surface area (Å²) in [6, 6.07) is 44.9. The molecule has 6 aromatic rings. The molecule has 0 bridgehead atoms. The number of carbonyl (C=O) groups excluding carboxylic acids is 1. The Hall–Kier alpha value is -6.02. The van der Waals surface area contributed by atoms with Gasteiger partial charge in [0.15, 0.2) is 0 Å². The summed E-state index contributed by atoms with van der Waals surface area (Å²) in [6.07, 6.45) is 1.30. The fraction of sp³-hybridized carbons (Fsp3) is 0.0732. The van der Waals surface area contributed by atoms with Crippen LogP contribution in [0.15, 0.2) is 146 Å². The molecule has 0 fully saturated rings. The number of carboxylic acids is 1. The van der Waals surface area contributed by atoms with E-state index in [1.807, 2.05) is 103 Å². The Morgan fingerprint density at radius 2 is 1.08 bits per heavy atom. The molecule has 6 aromatic carbocycles. The van der Waals surface area contributed by atoms with E-state index < -0.39 is 11.9 Å². The molecule has 2 N–H and O–H groups in total. The highest BCUT2D eigenvalue weighted by atomic mass is 17.1. The molecule has 0 saturated carbocycles. The van der Waals surface area contributed by atoms with Crippen molar-refractivity contribution in [2.24, 2.45) is 0 Å². The van der Waals surface area contributed by atoms with Crippen molar-refractivity contribution in [2.45, 2.75) is 19.4 Å². The molecule has 0 heterocycles. The van der Waals surface area contributed by atoms with Crippen molar-refractivity contribution >= 4 is 11.9 Å². The topological polar surface area (TPSA) is 102 Å². The molecule has 0 aliphatic carbocycles. The lowest BCUT2D eigenvalue weighted by Gasteiger charge is -2.13. The van der Waals surface area contributed by atoms with Gasteiger partial charge in [-0.05, 0) is 94.8 Å². The van der Waals surface area contributed by atoms with Crippen LogP contribution in [0.1, 0.15) is 48.5 Å². The lowest BCUT2D eigenvalue weighted by Crippen LogP contribution is -2.14.